The topological polar surface area (TPSA) is 59.9 Å². The highest BCUT2D eigenvalue weighted by molar-refractivity contribution is 5.86. The minimum Gasteiger partial charge on any atom is -0.493 e. The summed E-state index contributed by atoms with van der Waals surface area (Å²) < 4.78 is 10.5. The van der Waals surface area contributed by atoms with Crippen LogP contribution in [0.5, 0.6) is 11.5 Å². The number of allylic oxidation sites excluding steroid dienone is 1. The molecule has 0 spiro atoms. The maximum atomic E-state index is 11.8. The van der Waals surface area contributed by atoms with Crippen LogP contribution in [0.25, 0.3) is 0 Å². The summed E-state index contributed by atoms with van der Waals surface area (Å²) in [6.07, 6.45) is 12.0. The van der Waals surface area contributed by atoms with Crippen molar-refractivity contribution in [3.05, 3.63) is 36.4 Å². The smallest absolute Gasteiger partial charge is 0.240 e. The van der Waals surface area contributed by atoms with Crippen LogP contribution in [0.2, 0.25) is 0 Å². The minimum absolute atomic E-state index is 0.0650. The summed E-state index contributed by atoms with van der Waals surface area (Å²) in [6, 6.07) is 5.51. The molecule has 1 aromatic carbocycles. The van der Waals surface area contributed by atoms with E-state index in [1.54, 1.807) is 20.4 Å². The van der Waals surface area contributed by atoms with Crippen LogP contribution < -0.4 is 14.9 Å². The highest BCUT2D eigenvalue weighted by Gasteiger charge is 2.07. The third-order valence-electron chi connectivity index (χ3n) is 3.89. The molecule has 1 N–H and O–H groups in total. The largest absolute Gasteiger partial charge is 0.493 e. The standard InChI is InChI=1S/C20H30N2O3/c1-4-5-6-7-8-9-10-11-15-19(23)22-21-16-17-13-12-14-18(24-2)20(17)25-3/h4,12-14,16H,1,5-11,15H2,2-3H3,(H,22,23)/b21-16+. The molecule has 1 rings (SSSR count). The van der Waals surface area contributed by atoms with Gasteiger partial charge in [-0.15, -0.1) is 6.58 Å². The molecule has 1 amide bonds. The maximum Gasteiger partial charge on any atom is 0.240 e. The van der Waals surface area contributed by atoms with E-state index in [-0.39, 0.29) is 5.91 Å². The molecule has 138 valence electrons. The van der Waals surface area contributed by atoms with Crippen molar-refractivity contribution >= 4 is 12.1 Å². The van der Waals surface area contributed by atoms with E-state index in [1.165, 1.54) is 25.7 Å². The molecule has 0 unspecified atom stereocenters. The van der Waals surface area contributed by atoms with Gasteiger partial charge in [-0.1, -0.05) is 37.8 Å². The van der Waals surface area contributed by atoms with Gasteiger partial charge in [-0.05, 0) is 31.4 Å². The molecule has 5 nitrogen and oxygen atoms in total. The zero-order valence-electron chi connectivity index (χ0n) is 15.4. The number of benzene rings is 1. The Labute approximate surface area is 151 Å². The Balaban J connectivity index is 2.26. The lowest BCUT2D eigenvalue weighted by molar-refractivity contribution is -0.121. The number of hydrogen-bond acceptors (Lipinski definition) is 4. The number of rotatable bonds is 13. The third kappa shape index (κ3) is 8.38. The van der Waals surface area contributed by atoms with E-state index in [9.17, 15) is 4.79 Å². The van der Waals surface area contributed by atoms with E-state index < -0.39 is 0 Å². The number of hydrogen-bond donors (Lipinski definition) is 1. The lowest BCUT2D eigenvalue weighted by atomic mass is 10.1. The average molecular weight is 346 g/mol. The number of ether oxygens (including phenoxy) is 2. The summed E-state index contributed by atoms with van der Waals surface area (Å²) in [4.78, 5) is 11.8. The van der Waals surface area contributed by atoms with Crippen LogP contribution in [-0.2, 0) is 4.79 Å². The number of carbonyl (C=O) groups is 1. The SMILES string of the molecule is C=CCCCCCCCCC(=O)N/N=C/c1cccc(OC)c1OC. The second-order valence-corrected chi connectivity index (χ2v) is 5.82. The van der Waals surface area contributed by atoms with Crippen LogP contribution in [-0.4, -0.2) is 26.3 Å². The van der Waals surface area contributed by atoms with Gasteiger partial charge in [-0.25, -0.2) is 5.43 Å². The summed E-state index contributed by atoms with van der Waals surface area (Å²) in [5.74, 6) is 1.16. The van der Waals surface area contributed by atoms with Gasteiger partial charge in [0.2, 0.25) is 5.91 Å². The zero-order chi connectivity index (χ0) is 18.3. The fourth-order valence-corrected chi connectivity index (χ4v) is 2.52. The number of carbonyl (C=O) groups excluding carboxylic acids is 1. The highest BCUT2D eigenvalue weighted by atomic mass is 16.5. The predicted octanol–water partition coefficient (Wildman–Crippen LogP) is 4.46. The second-order valence-electron chi connectivity index (χ2n) is 5.82. The number of methoxy groups -OCH3 is 2. The molecule has 0 radical (unpaired) electrons. The van der Waals surface area contributed by atoms with Crippen molar-refractivity contribution < 1.29 is 14.3 Å². The number of nitrogens with one attached hydrogen (secondary N) is 1. The zero-order valence-corrected chi connectivity index (χ0v) is 15.4. The van der Waals surface area contributed by atoms with E-state index in [0.717, 1.165) is 24.8 Å². The Morgan fingerprint density at radius 1 is 1.12 bits per heavy atom. The van der Waals surface area contributed by atoms with Crippen molar-refractivity contribution in [3.63, 3.8) is 0 Å². The highest BCUT2D eigenvalue weighted by Crippen LogP contribution is 2.29. The molecular weight excluding hydrogens is 316 g/mol. The van der Waals surface area contributed by atoms with Gasteiger partial charge in [0.05, 0.1) is 20.4 Å². The summed E-state index contributed by atoms with van der Waals surface area (Å²) in [5.41, 5.74) is 3.31. The molecule has 0 atom stereocenters. The molecule has 0 aromatic heterocycles. The first-order valence-electron chi connectivity index (χ1n) is 8.86. The predicted molar refractivity (Wildman–Crippen MR) is 102 cm³/mol. The normalized spacial score (nSPS) is 10.6. The molecule has 0 fully saturated rings. The molecule has 1 aromatic rings. The Morgan fingerprint density at radius 2 is 1.84 bits per heavy atom. The number of para-hydroxylation sites is 1. The van der Waals surface area contributed by atoms with E-state index in [1.807, 2.05) is 24.3 Å². The van der Waals surface area contributed by atoms with Crippen molar-refractivity contribution in [3.8, 4) is 11.5 Å². The molecule has 0 bridgehead atoms. The fourth-order valence-electron chi connectivity index (χ4n) is 2.52. The maximum absolute atomic E-state index is 11.8. The quantitative estimate of drug-likeness (QED) is 0.248. The number of amides is 1. The molecular formula is C20H30N2O3. The Hall–Kier alpha value is -2.30. The lowest BCUT2D eigenvalue weighted by Crippen LogP contribution is -2.17. The van der Waals surface area contributed by atoms with Gasteiger partial charge in [-0.3, -0.25) is 4.79 Å². The van der Waals surface area contributed by atoms with Gasteiger partial charge in [0.25, 0.3) is 0 Å². The monoisotopic (exact) mass is 346 g/mol. The van der Waals surface area contributed by atoms with E-state index >= 15 is 0 Å². The summed E-state index contributed by atoms with van der Waals surface area (Å²) in [5, 5.41) is 4.00. The van der Waals surface area contributed by atoms with Gasteiger partial charge in [-0.2, -0.15) is 5.10 Å². The van der Waals surface area contributed by atoms with Gasteiger partial charge in [0, 0.05) is 12.0 Å². The van der Waals surface area contributed by atoms with Gasteiger partial charge in [0.15, 0.2) is 11.5 Å². The van der Waals surface area contributed by atoms with Crippen molar-refractivity contribution in [1.29, 1.82) is 0 Å². The van der Waals surface area contributed by atoms with Crippen molar-refractivity contribution in [2.45, 2.75) is 51.4 Å². The first-order chi connectivity index (χ1) is 12.2. The second kappa shape index (κ2) is 13.0. The van der Waals surface area contributed by atoms with Crippen LogP contribution in [0, 0.1) is 0 Å². The molecule has 0 saturated carbocycles. The van der Waals surface area contributed by atoms with E-state index in [4.69, 9.17) is 9.47 Å². The average Bonchev–Trinajstić information content (AvgIpc) is 2.63. The Bertz CT molecular complexity index is 556. The van der Waals surface area contributed by atoms with Crippen LogP contribution in [0.1, 0.15) is 56.9 Å². The summed E-state index contributed by atoms with van der Waals surface area (Å²) >= 11 is 0. The molecule has 0 saturated heterocycles. The first-order valence-corrected chi connectivity index (χ1v) is 8.86. The van der Waals surface area contributed by atoms with Crippen LogP contribution >= 0.6 is 0 Å². The van der Waals surface area contributed by atoms with Crippen LogP contribution in [0.15, 0.2) is 36.0 Å². The van der Waals surface area contributed by atoms with Gasteiger partial charge < -0.3 is 9.47 Å². The molecule has 0 heterocycles. The van der Waals surface area contributed by atoms with Gasteiger partial charge >= 0.3 is 0 Å². The van der Waals surface area contributed by atoms with Gasteiger partial charge in [0.1, 0.15) is 0 Å². The van der Waals surface area contributed by atoms with Crippen molar-refractivity contribution in [2.24, 2.45) is 5.10 Å². The lowest BCUT2D eigenvalue weighted by Gasteiger charge is -2.09. The molecule has 0 aliphatic carbocycles. The van der Waals surface area contributed by atoms with Crippen molar-refractivity contribution in [2.75, 3.05) is 14.2 Å². The Kier molecular flexibility index (Phi) is 10.8. The van der Waals surface area contributed by atoms with E-state index in [2.05, 4.69) is 17.1 Å². The number of hydrazone groups is 1. The molecule has 0 aliphatic rings. The van der Waals surface area contributed by atoms with Crippen LogP contribution in [0.4, 0.5) is 0 Å². The summed E-state index contributed by atoms with van der Waals surface area (Å²) in [7, 11) is 3.16. The minimum atomic E-state index is -0.0650. The molecule has 5 heteroatoms. The third-order valence-corrected chi connectivity index (χ3v) is 3.89. The summed E-state index contributed by atoms with van der Waals surface area (Å²) in [6.45, 7) is 3.72. The first kappa shape index (κ1) is 20.7. The number of nitrogens with zero attached hydrogens (tertiary/aromatic N) is 1. The fraction of sp³-hybridized carbons (Fsp3) is 0.500. The van der Waals surface area contributed by atoms with E-state index in [0.29, 0.717) is 17.9 Å². The molecule has 0 aliphatic heterocycles. The Morgan fingerprint density at radius 3 is 2.52 bits per heavy atom. The molecule has 25 heavy (non-hydrogen) atoms. The van der Waals surface area contributed by atoms with Crippen molar-refractivity contribution in [1.82, 2.24) is 5.43 Å². The number of unbranched alkanes of at least 4 members (excludes halogenated alkanes) is 6. The van der Waals surface area contributed by atoms with Crippen LogP contribution in [0.3, 0.4) is 0 Å².